The highest BCUT2D eigenvalue weighted by molar-refractivity contribution is 7.12. The van der Waals surface area contributed by atoms with E-state index in [9.17, 15) is 4.79 Å². The van der Waals surface area contributed by atoms with Gasteiger partial charge in [-0.15, -0.1) is 11.3 Å². The maximum absolute atomic E-state index is 12.2. The predicted molar refractivity (Wildman–Crippen MR) is 90.5 cm³/mol. The molecule has 0 aromatic carbocycles. The highest BCUT2D eigenvalue weighted by atomic mass is 32.1. The highest BCUT2D eigenvalue weighted by Gasteiger charge is 2.21. The second-order valence-corrected chi connectivity index (χ2v) is 7.44. The Labute approximate surface area is 135 Å². The number of rotatable bonds is 4. The summed E-state index contributed by atoms with van der Waals surface area (Å²) in [6, 6.07) is 2.28. The third kappa shape index (κ3) is 3.15. The molecule has 4 nitrogen and oxygen atoms in total. The van der Waals surface area contributed by atoms with E-state index < -0.39 is 0 Å². The molecule has 0 atom stereocenters. The van der Waals surface area contributed by atoms with Crippen molar-refractivity contribution >= 4 is 11.3 Å². The summed E-state index contributed by atoms with van der Waals surface area (Å²) < 4.78 is 0. The first-order chi connectivity index (χ1) is 10.6. The zero-order valence-corrected chi connectivity index (χ0v) is 14.3. The van der Waals surface area contributed by atoms with E-state index in [1.165, 1.54) is 15.3 Å². The SMILES string of the molecule is CCCc1nc2c(c(=O)[nH]1)CCN(Cc1cc(C)c(C)s1)C2. The molecule has 2 aromatic rings. The van der Waals surface area contributed by atoms with Crippen molar-refractivity contribution in [1.82, 2.24) is 14.9 Å². The number of nitrogens with one attached hydrogen (secondary N) is 1. The fourth-order valence-electron chi connectivity index (χ4n) is 2.98. The average molecular weight is 317 g/mol. The molecule has 0 radical (unpaired) electrons. The second-order valence-electron chi connectivity index (χ2n) is 6.10. The van der Waals surface area contributed by atoms with Crippen molar-refractivity contribution in [3.8, 4) is 0 Å². The maximum Gasteiger partial charge on any atom is 0.254 e. The van der Waals surface area contributed by atoms with Crippen LogP contribution in [-0.4, -0.2) is 21.4 Å². The summed E-state index contributed by atoms with van der Waals surface area (Å²) in [5, 5.41) is 0. The number of aryl methyl sites for hydroxylation is 3. The standard InChI is InChI=1S/C17H23N3OS/c1-4-5-16-18-15-10-20(7-6-14(15)17(21)19-16)9-13-8-11(2)12(3)22-13/h8H,4-7,9-10H2,1-3H3,(H,18,19,21). The van der Waals surface area contributed by atoms with Crippen molar-refractivity contribution in [2.75, 3.05) is 6.54 Å². The summed E-state index contributed by atoms with van der Waals surface area (Å²) in [5.74, 6) is 0.830. The monoisotopic (exact) mass is 317 g/mol. The fourth-order valence-corrected chi connectivity index (χ4v) is 4.08. The molecule has 0 fully saturated rings. The molecule has 0 saturated heterocycles. The molecule has 0 bridgehead atoms. The summed E-state index contributed by atoms with van der Waals surface area (Å²) in [7, 11) is 0. The number of hydrogen-bond donors (Lipinski definition) is 1. The largest absolute Gasteiger partial charge is 0.310 e. The zero-order valence-electron chi connectivity index (χ0n) is 13.5. The molecule has 22 heavy (non-hydrogen) atoms. The molecule has 1 aliphatic rings. The van der Waals surface area contributed by atoms with Gasteiger partial charge in [-0.1, -0.05) is 6.92 Å². The lowest BCUT2D eigenvalue weighted by atomic mass is 10.1. The van der Waals surface area contributed by atoms with Gasteiger partial charge in [0.15, 0.2) is 0 Å². The minimum absolute atomic E-state index is 0.0657. The molecule has 1 aliphatic heterocycles. The van der Waals surface area contributed by atoms with Crippen LogP contribution in [0.5, 0.6) is 0 Å². The van der Waals surface area contributed by atoms with Crippen LogP contribution in [-0.2, 0) is 25.9 Å². The Morgan fingerprint density at radius 1 is 1.41 bits per heavy atom. The Bertz CT molecular complexity index is 712. The number of fused-ring (bicyclic) bond motifs is 1. The van der Waals surface area contributed by atoms with Crippen LogP contribution < -0.4 is 5.56 Å². The van der Waals surface area contributed by atoms with Crippen molar-refractivity contribution in [3.05, 3.63) is 48.8 Å². The Morgan fingerprint density at radius 3 is 2.91 bits per heavy atom. The van der Waals surface area contributed by atoms with Gasteiger partial charge in [0, 0.05) is 41.4 Å². The number of aromatic amines is 1. The van der Waals surface area contributed by atoms with Gasteiger partial charge in [0.25, 0.3) is 5.56 Å². The smallest absolute Gasteiger partial charge is 0.254 e. The van der Waals surface area contributed by atoms with E-state index in [4.69, 9.17) is 0 Å². The summed E-state index contributed by atoms with van der Waals surface area (Å²) in [6.45, 7) is 9.11. The van der Waals surface area contributed by atoms with Gasteiger partial charge >= 0.3 is 0 Å². The van der Waals surface area contributed by atoms with Crippen molar-refractivity contribution in [1.29, 1.82) is 0 Å². The van der Waals surface area contributed by atoms with Gasteiger partial charge < -0.3 is 4.98 Å². The van der Waals surface area contributed by atoms with Crippen LogP contribution in [0.4, 0.5) is 0 Å². The van der Waals surface area contributed by atoms with Gasteiger partial charge in [-0.2, -0.15) is 0 Å². The predicted octanol–water partition coefficient (Wildman–Crippen LogP) is 2.96. The van der Waals surface area contributed by atoms with E-state index in [0.717, 1.165) is 56.0 Å². The minimum atomic E-state index is 0.0657. The Balaban J connectivity index is 1.79. The van der Waals surface area contributed by atoms with E-state index in [0.29, 0.717) is 0 Å². The Hall–Kier alpha value is -1.46. The molecule has 0 spiro atoms. The van der Waals surface area contributed by atoms with E-state index in [1.807, 2.05) is 11.3 Å². The van der Waals surface area contributed by atoms with E-state index in [2.05, 4.69) is 41.7 Å². The molecule has 5 heteroatoms. The first-order valence-electron chi connectivity index (χ1n) is 7.96. The number of H-pyrrole nitrogens is 1. The van der Waals surface area contributed by atoms with Crippen LogP contribution in [0.25, 0.3) is 0 Å². The van der Waals surface area contributed by atoms with Crippen LogP contribution >= 0.6 is 11.3 Å². The molecule has 0 amide bonds. The normalized spacial score (nSPS) is 15.0. The zero-order chi connectivity index (χ0) is 15.7. The number of thiophene rings is 1. The van der Waals surface area contributed by atoms with Crippen LogP contribution in [0.15, 0.2) is 10.9 Å². The number of aromatic nitrogens is 2. The molecule has 3 rings (SSSR count). The average Bonchev–Trinajstić information content (AvgIpc) is 2.77. The van der Waals surface area contributed by atoms with Crippen molar-refractivity contribution in [2.45, 2.75) is 53.1 Å². The van der Waals surface area contributed by atoms with E-state index in [1.54, 1.807) is 0 Å². The number of nitrogens with zero attached hydrogens (tertiary/aromatic N) is 2. The molecule has 118 valence electrons. The quantitative estimate of drug-likeness (QED) is 0.943. The van der Waals surface area contributed by atoms with E-state index in [-0.39, 0.29) is 5.56 Å². The van der Waals surface area contributed by atoms with Crippen LogP contribution in [0.1, 0.15) is 45.7 Å². The first kappa shape index (κ1) is 15.4. The Morgan fingerprint density at radius 2 is 2.23 bits per heavy atom. The lowest BCUT2D eigenvalue weighted by Crippen LogP contribution is -2.35. The summed E-state index contributed by atoms with van der Waals surface area (Å²) in [6.07, 6.45) is 2.64. The maximum atomic E-state index is 12.2. The fraction of sp³-hybridized carbons (Fsp3) is 0.529. The third-order valence-electron chi connectivity index (χ3n) is 4.28. The van der Waals surface area contributed by atoms with Gasteiger partial charge in [-0.05, 0) is 38.3 Å². The summed E-state index contributed by atoms with van der Waals surface area (Å²) >= 11 is 1.87. The molecule has 0 unspecified atom stereocenters. The molecule has 0 aliphatic carbocycles. The first-order valence-corrected chi connectivity index (χ1v) is 8.77. The topological polar surface area (TPSA) is 49.0 Å². The number of hydrogen-bond acceptors (Lipinski definition) is 4. The molecule has 1 N–H and O–H groups in total. The highest BCUT2D eigenvalue weighted by Crippen LogP contribution is 2.24. The van der Waals surface area contributed by atoms with Gasteiger partial charge in [0.05, 0.1) is 5.69 Å². The van der Waals surface area contributed by atoms with Gasteiger partial charge in [-0.3, -0.25) is 9.69 Å². The molecule has 2 aromatic heterocycles. The molecule has 0 saturated carbocycles. The second kappa shape index (κ2) is 6.34. The molecular weight excluding hydrogens is 294 g/mol. The summed E-state index contributed by atoms with van der Waals surface area (Å²) in [4.78, 5) is 25.0. The van der Waals surface area contributed by atoms with Gasteiger partial charge in [-0.25, -0.2) is 4.98 Å². The molecule has 3 heterocycles. The summed E-state index contributed by atoms with van der Waals surface area (Å²) in [5.41, 5.74) is 3.30. The van der Waals surface area contributed by atoms with Gasteiger partial charge in [0.2, 0.25) is 0 Å². The lowest BCUT2D eigenvalue weighted by Gasteiger charge is -2.27. The van der Waals surface area contributed by atoms with Crippen LogP contribution in [0, 0.1) is 13.8 Å². The lowest BCUT2D eigenvalue weighted by molar-refractivity contribution is 0.242. The van der Waals surface area contributed by atoms with Gasteiger partial charge in [0.1, 0.15) is 5.82 Å². The van der Waals surface area contributed by atoms with Crippen molar-refractivity contribution < 1.29 is 0 Å². The van der Waals surface area contributed by atoms with E-state index >= 15 is 0 Å². The van der Waals surface area contributed by atoms with Crippen molar-refractivity contribution in [2.24, 2.45) is 0 Å². The van der Waals surface area contributed by atoms with Crippen LogP contribution in [0.2, 0.25) is 0 Å². The third-order valence-corrected chi connectivity index (χ3v) is 5.42. The minimum Gasteiger partial charge on any atom is -0.310 e. The van der Waals surface area contributed by atoms with Crippen molar-refractivity contribution in [3.63, 3.8) is 0 Å². The Kier molecular flexibility index (Phi) is 4.45. The molecular formula is C17H23N3OS. The van der Waals surface area contributed by atoms with Crippen LogP contribution in [0.3, 0.4) is 0 Å².